The average molecular weight is 804 g/mol. The van der Waals surface area contributed by atoms with E-state index < -0.39 is 0 Å². The second-order valence-corrected chi connectivity index (χ2v) is 17.0. The van der Waals surface area contributed by atoms with E-state index in [-0.39, 0.29) is 5.41 Å². The molecule has 0 spiro atoms. The smallest absolute Gasteiger partial charge is 0.138 e. The molecule has 0 N–H and O–H groups in total. The summed E-state index contributed by atoms with van der Waals surface area (Å²) in [5.74, 6) is 2.34. The standard InChI is InChI=1S/C56H45N5O/c1-56(2,3)49-24-14-16-26-51(49)59-32-31-58(38-59)44-33-42(40-19-9-5-10-20-40)34-46(36-44)62-45-27-28-48-52(37-45)61(53-35-41(29-30-57-53)39-17-7-4-8-18-39)55-47-23-13-15-25-50(47)60(54(48)55)43-21-11-6-12-22-43/h4-37H,38H2,1-3H3. The molecule has 4 heterocycles. The van der Waals surface area contributed by atoms with Crippen LogP contribution in [0.4, 0.5) is 11.4 Å². The predicted molar refractivity (Wildman–Crippen MR) is 257 cm³/mol. The Kier molecular flexibility index (Phi) is 9.01. The van der Waals surface area contributed by atoms with Crippen molar-refractivity contribution in [2.75, 3.05) is 16.5 Å². The van der Waals surface area contributed by atoms with Crippen molar-refractivity contribution in [2.24, 2.45) is 0 Å². The van der Waals surface area contributed by atoms with E-state index in [1.54, 1.807) is 0 Å². The van der Waals surface area contributed by atoms with Gasteiger partial charge in [0.1, 0.15) is 17.3 Å². The lowest BCUT2D eigenvalue weighted by atomic mass is 9.85. The summed E-state index contributed by atoms with van der Waals surface area (Å²) in [4.78, 5) is 9.67. The van der Waals surface area contributed by atoms with Gasteiger partial charge in [-0.05, 0) is 93.9 Å². The molecule has 1 aliphatic rings. The normalized spacial score (nSPS) is 12.9. The molecule has 0 aliphatic carbocycles. The highest BCUT2D eigenvalue weighted by Gasteiger charge is 2.26. The second-order valence-electron chi connectivity index (χ2n) is 17.0. The van der Waals surface area contributed by atoms with Gasteiger partial charge in [0.15, 0.2) is 0 Å². The van der Waals surface area contributed by atoms with Crippen LogP contribution in [0.2, 0.25) is 0 Å². The third kappa shape index (κ3) is 6.57. The molecule has 0 radical (unpaired) electrons. The van der Waals surface area contributed by atoms with Gasteiger partial charge in [0.25, 0.3) is 0 Å². The van der Waals surface area contributed by atoms with Crippen LogP contribution in [0.5, 0.6) is 11.5 Å². The summed E-state index contributed by atoms with van der Waals surface area (Å²) in [6.45, 7) is 7.50. The first-order valence-corrected chi connectivity index (χ1v) is 21.2. The largest absolute Gasteiger partial charge is 0.457 e. The third-order valence-corrected chi connectivity index (χ3v) is 12.0. The predicted octanol–water partition coefficient (Wildman–Crippen LogP) is 14.3. The zero-order valence-electron chi connectivity index (χ0n) is 35.0. The SMILES string of the molecule is CC(C)(C)c1ccccc1N1C=CN(c2cc(Oc3ccc4c(c3)n(-c3cc(-c5ccccc5)ccn3)c3c5ccccc5n(-c5ccccc5)c43)cc(-c3ccccc3)c2)C1. The van der Waals surface area contributed by atoms with Crippen molar-refractivity contribution in [3.05, 3.63) is 212 Å². The van der Waals surface area contributed by atoms with Crippen LogP contribution >= 0.6 is 0 Å². The molecule has 0 fully saturated rings. The lowest BCUT2D eigenvalue weighted by molar-refractivity contribution is 0.483. The van der Waals surface area contributed by atoms with Crippen LogP contribution in [0.25, 0.3) is 66.6 Å². The first-order chi connectivity index (χ1) is 30.4. The van der Waals surface area contributed by atoms with E-state index in [2.05, 4.69) is 240 Å². The molecule has 3 aromatic heterocycles. The zero-order chi connectivity index (χ0) is 41.8. The lowest BCUT2D eigenvalue weighted by Gasteiger charge is -2.29. The third-order valence-electron chi connectivity index (χ3n) is 12.0. The maximum absolute atomic E-state index is 6.98. The first kappa shape index (κ1) is 37.2. The Balaban J connectivity index is 1.06. The lowest BCUT2D eigenvalue weighted by Crippen LogP contribution is -2.27. The number of aromatic nitrogens is 3. The van der Waals surface area contributed by atoms with Crippen molar-refractivity contribution in [1.29, 1.82) is 0 Å². The Morgan fingerprint density at radius 1 is 0.468 bits per heavy atom. The summed E-state index contributed by atoms with van der Waals surface area (Å²) in [5.41, 5.74) is 13.5. The highest BCUT2D eigenvalue weighted by atomic mass is 16.5. The number of pyridine rings is 1. The number of nitrogens with zero attached hydrogens (tertiary/aromatic N) is 5. The molecular formula is C56H45N5O. The number of anilines is 2. The number of hydrogen-bond acceptors (Lipinski definition) is 4. The van der Waals surface area contributed by atoms with E-state index >= 15 is 0 Å². The number of fused-ring (bicyclic) bond motifs is 5. The molecule has 6 nitrogen and oxygen atoms in total. The highest BCUT2D eigenvalue weighted by Crippen LogP contribution is 2.43. The van der Waals surface area contributed by atoms with E-state index in [4.69, 9.17) is 9.72 Å². The van der Waals surface area contributed by atoms with E-state index in [0.717, 1.165) is 83.8 Å². The Bertz CT molecular complexity index is 3290. The Morgan fingerprint density at radius 3 is 1.89 bits per heavy atom. The summed E-state index contributed by atoms with van der Waals surface area (Å²) in [6.07, 6.45) is 6.26. The number of benzene rings is 7. The van der Waals surface area contributed by atoms with Crippen molar-refractivity contribution in [3.8, 4) is 45.3 Å². The summed E-state index contributed by atoms with van der Waals surface area (Å²) in [6, 6.07) is 66.4. The molecule has 0 saturated heterocycles. The topological polar surface area (TPSA) is 38.5 Å². The number of hydrogen-bond donors (Lipinski definition) is 0. The molecule has 0 atom stereocenters. The fourth-order valence-corrected chi connectivity index (χ4v) is 9.06. The molecular weight excluding hydrogens is 759 g/mol. The summed E-state index contributed by atoms with van der Waals surface area (Å²) < 4.78 is 11.7. The highest BCUT2D eigenvalue weighted by molar-refractivity contribution is 6.20. The van der Waals surface area contributed by atoms with Crippen LogP contribution in [0.3, 0.4) is 0 Å². The van der Waals surface area contributed by atoms with Crippen molar-refractivity contribution in [2.45, 2.75) is 26.2 Å². The van der Waals surface area contributed by atoms with Gasteiger partial charge in [-0.15, -0.1) is 0 Å². The Morgan fingerprint density at radius 2 is 1.11 bits per heavy atom. The van der Waals surface area contributed by atoms with Gasteiger partial charge in [-0.3, -0.25) is 4.57 Å². The van der Waals surface area contributed by atoms with Crippen LogP contribution in [0, 0.1) is 0 Å². The summed E-state index contributed by atoms with van der Waals surface area (Å²) in [5, 5.41) is 2.26. The molecule has 6 heteroatoms. The van der Waals surface area contributed by atoms with Crippen LogP contribution < -0.4 is 14.5 Å². The Hall–Kier alpha value is -7.83. The second kappa shape index (κ2) is 15.0. The summed E-state index contributed by atoms with van der Waals surface area (Å²) >= 11 is 0. The van der Waals surface area contributed by atoms with Crippen molar-refractivity contribution in [1.82, 2.24) is 14.1 Å². The zero-order valence-corrected chi connectivity index (χ0v) is 35.0. The van der Waals surface area contributed by atoms with Gasteiger partial charge in [-0.25, -0.2) is 4.98 Å². The van der Waals surface area contributed by atoms with Crippen molar-refractivity contribution < 1.29 is 4.74 Å². The fraction of sp³-hybridized carbons (Fsp3) is 0.0893. The van der Waals surface area contributed by atoms with Crippen LogP contribution in [-0.4, -0.2) is 20.8 Å². The molecule has 0 bridgehead atoms. The maximum Gasteiger partial charge on any atom is 0.138 e. The number of rotatable bonds is 8. The van der Waals surface area contributed by atoms with E-state index in [9.17, 15) is 0 Å². The molecule has 0 unspecified atom stereocenters. The van der Waals surface area contributed by atoms with Gasteiger partial charge in [-0.2, -0.15) is 0 Å². The van der Waals surface area contributed by atoms with Crippen molar-refractivity contribution >= 4 is 44.2 Å². The van der Waals surface area contributed by atoms with Gasteiger partial charge >= 0.3 is 0 Å². The molecule has 0 saturated carbocycles. The molecule has 0 amide bonds. The van der Waals surface area contributed by atoms with Gasteiger partial charge in [0.2, 0.25) is 0 Å². The molecule has 7 aromatic carbocycles. The van der Waals surface area contributed by atoms with Crippen LogP contribution in [-0.2, 0) is 5.41 Å². The summed E-state index contributed by atoms with van der Waals surface area (Å²) in [7, 11) is 0. The molecule has 62 heavy (non-hydrogen) atoms. The maximum atomic E-state index is 6.98. The molecule has 10 aromatic rings. The minimum atomic E-state index is 0.0111. The molecule has 300 valence electrons. The first-order valence-electron chi connectivity index (χ1n) is 21.2. The van der Waals surface area contributed by atoms with Crippen LogP contribution in [0.1, 0.15) is 26.3 Å². The van der Waals surface area contributed by atoms with E-state index in [0.29, 0.717) is 6.67 Å². The quantitative estimate of drug-likeness (QED) is 0.153. The van der Waals surface area contributed by atoms with E-state index in [1.165, 1.54) is 11.3 Å². The average Bonchev–Trinajstić information content (AvgIpc) is 4.03. The van der Waals surface area contributed by atoms with Gasteiger partial charge in [0.05, 0.1) is 28.7 Å². The Labute approximate surface area is 361 Å². The van der Waals surface area contributed by atoms with Gasteiger partial charge < -0.3 is 19.1 Å². The van der Waals surface area contributed by atoms with Gasteiger partial charge in [0, 0.05) is 58.6 Å². The minimum absolute atomic E-state index is 0.0111. The number of para-hydroxylation sites is 3. The molecule has 11 rings (SSSR count). The fourth-order valence-electron chi connectivity index (χ4n) is 9.06. The van der Waals surface area contributed by atoms with E-state index in [1.807, 2.05) is 6.20 Å². The van der Waals surface area contributed by atoms with Crippen molar-refractivity contribution in [3.63, 3.8) is 0 Å². The monoisotopic (exact) mass is 803 g/mol. The minimum Gasteiger partial charge on any atom is -0.457 e. The molecule has 1 aliphatic heterocycles. The number of ether oxygens (including phenoxy) is 1. The van der Waals surface area contributed by atoms with Crippen LogP contribution in [0.15, 0.2) is 207 Å². The van der Waals surface area contributed by atoms with Gasteiger partial charge in [-0.1, -0.05) is 136 Å².